The van der Waals surface area contributed by atoms with Crippen LogP contribution in [0.5, 0.6) is 0 Å². The predicted octanol–water partition coefficient (Wildman–Crippen LogP) is 5.47. The van der Waals surface area contributed by atoms with E-state index in [1.165, 1.54) is 0 Å². The molecule has 152 valence electrons. The highest BCUT2D eigenvalue weighted by molar-refractivity contribution is 7.17. The Morgan fingerprint density at radius 3 is 2.37 bits per heavy atom. The second-order valence-corrected chi connectivity index (χ2v) is 8.35. The summed E-state index contributed by atoms with van der Waals surface area (Å²) in [4.78, 5) is 25.9. The van der Waals surface area contributed by atoms with E-state index in [1.54, 1.807) is 18.3 Å². The van der Waals surface area contributed by atoms with Crippen LogP contribution >= 0.6 is 11.3 Å². The first kappa shape index (κ1) is 20.1. The minimum atomic E-state index is -0.455. The molecule has 0 saturated carbocycles. The quantitative estimate of drug-likeness (QED) is 0.560. The number of rotatable bonds is 5. The van der Waals surface area contributed by atoms with E-state index in [-0.39, 0.29) is 12.4 Å². The summed E-state index contributed by atoms with van der Waals surface area (Å²) in [5, 5.41) is 6.33. The van der Waals surface area contributed by atoms with Crippen molar-refractivity contribution in [1.82, 2.24) is 5.32 Å². The number of fused-ring (bicyclic) bond motifs is 1. The first-order chi connectivity index (χ1) is 14.5. The normalized spacial score (nSPS) is 16.6. The van der Waals surface area contributed by atoms with Crippen molar-refractivity contribution in [1.29, 1.82) is 0 Å². The molecule has 1 aliphatic heterocycles. The van der Waals surface area contributed by atoms with Crippen LogP contribution < -0.4 is 5.32 Å². The third-order valence-corrected chi connectivity index (χ3v) is 6.38. The molecule has 3 aromatic rings. The van der Waals surface area contributed by atoms with E-state index in [0.29, 0.717) is 11.1 Å². The summed E-state index contributed by atoms with van der Waals surface area (Å²) >= 11 is 1.62. The standard InChI is InChI=1S/C25H23NO3S/c1-15-22(17(3)27)24(20-14-30-21-12-8-7-11-19(20)21)23(16(2)26-15)25(28)29-13-18-9-5-4-6-10-18/h4-12,14,24,26H,13H2,1-3H3. The molecule has 1 aliphatic rings. The SMILES string of the molecule is CC(=O)C1=C(C)NC(C)=C(C(=O)OCc2ccccc2)C1c1csc2ccccc12. The van der Waals surface area contributed by atoms with Gasteiger partial charge in [-0.2, -0.15) is 0 Å². The number of ether oxygens (including phenoxy) is 1. The van der Waals surface area contributed by atoms with Crippen LogP contribution in [0.15, 0.2) is 82.5 Å². The Balaban J connectivity index is 1.77. The number of hydrogen-bond donors (Lipinski definition) is 1. The lowest BCUT2D eigenvalue weighted by Gasteiger charge is -2.30. The average molecular weight is 418 g/mol. The molecule has 5 heteroatoms. The summed E-state index contributed by atoms with van der Waals surface area (Å²) in [5.41, 5.74) is 4.48. The van der Waals surface area contributed by atoms with Crippen molar-refractivity contribution in [3.63, 3.8) is 0 Å². The fourth-order valence-corrected chi connectivity index (χ4v) is 5.05. The molecule has 1 N–H and O–H groups in total. The Morgan fingerprint density at radius 2 is 1.63 bits per heavy atom. The van der Waals surface area contributed by atoms with E-state index in [1.807, 2.05) is 62.4 Å². The van der Waals surface area contributed by atoms with Crippen LogP contribution in [-0.2, 0) is 20.9 Å². The maximum atomic E-state index is 13.2. The van der Waals surface area contributed by atoms with E-state index in [9.17, 15) is 9.59 Å². The molecule has 2 heterocycles. The third-order valence-electron chi connectivity index (χ3n) is 5.39. The number of carbonyl (C=O) groups is 2. The average Bonchev–Trinajstić information content (AvgIpc) is 3.16. The van der Waals surface area contributed by atoms with Crippen molar-refractivity contribution in [3.05, 3.63) is 93.6 Å². The largest absolute Gasteiger partial charge is 0.457 e. The van der Waals surface area contributed by atoms with Crippen molar-refractivity contribution in [3.8, 4) is 0 Å². The molecule has 0 radical (unpaired) electrons. The monoisotopic (exact) mass is 417 g/mol. The number of allylic oxidation sites excluding steroid dienone is 3. The smallest absolute Gasteiger partial charge is 0.337 e. The maximum absolute atomic E-state index is 13.2. The number of nitrogens with one attached hydrogen (secondary N) is 1. The summed E-state index contributed by atoms with van der Waals surface area (Å²) < 4.78 is 6.80. The maximum Gasteiger partial charge on any atom is 0.337 e. The van der Waals surface area contributed by atoms with E-state index in [0.717, 1.165) is 32.6 Å². The molecule has 1 atom stereocenters. The zero-order valence-corrected chi connectivity index (χ0v) is 18.0. The van der Waals surface area contributed by atoms with Gasteiger partial charge in [-0.25, -0.2) is 4.79 Å². The number of ketones is 1. The topological polar surface area (TPSA) is 55.4 Å². The molecule has 2 aromatic carbocycles. The Hall–Kier alpha value is -3.18. The summed E-state index contributed by atoms with van der Waals surface area (Å²) in [5.74, 6) is -0.917. The molecule has 0 saturated heterocycles. The van der Waals surface area contributed by atoms with Gasteiger partial charge in [-0.3, -0.25) is 4.79 Å². The van der Waals surface area contributed by atoms with Crippen LogP contribution in [0, 0.1) is 0 Å². The zero-order valence-electron chi connectivity index (χ0n) is 17.2. The summed E-state index contributed by atoms with van der Waals surface area (Å²) in [7, 11) is 0. The van der Waals surface area contributed by atoms with Gasteiger partial charge in [0.2, 0.25) is 0 Å². The highest BCUT2D eigenvalue weighted by atomic mass is 32.1. The summed E-state index contributed by atoms with van der Waals surface area (Å²) in [6.07, 6.45) is 0. The fraction of sp³-hybridized carbons (Fsp3) is 0.200. The van der Waals surface area contributed by atoms with Gasteiger partial charge >= 0.3 is 5.97 Å². The van der Waals surface area contributed by atoms with Crippen molar-refractivity contribution >= 4 is 33.2 Å². The predicted molar refractivity (Wildman–Crippen MR) is 120 cm³/mol. The van der Waals surface area contributed by atoms with Gasteiger partial charge in [0.15, 0.2) is 5.78 Å². The molecule has 0 spiro atoms. The molecule has 0 fully saturated rings. The number of hydrogen-bond acceptors (Lipinski definition) is 5. The van der Waals surface area contributed by atoms with Gasteiger partial charge in [0, 0.05) is 27.6 Å². The van der Waals surface area contributed by atoms with Crippen LogP contribution in [0.25, 0.3) is 10.1 Å². The van der Waals surface area contributed by atoms with Gasteiger partial charge in [0.1, 0.15) is 6.61 Å². The molecular formula is C25H23NO3S. The lowest BCUT2D eigenvalue weighted by atomic mass is 9.79. The third kappa shape index (κ3) is 3.68. The highest BCUT2D eigenvalue weighted by Crippen LogP contribution is 2.43. The second kappa shape index (κ2) is 8.28. The van der Waals surface area contributed by atoms with Gasteiger partial charge in [-0.05, 0) is 48.7 Å². The molecule has 30 heavy (non-hydrogen) atoms. The van der Waals surface area contributed by atoms with Crippen LogP contribution in [-0.4, -0.2) is 11.8 Å². The Morgan fingerprint density at radius 1 is 0.967 bits per heavy atom. The molecule has 1 aromatic heterocycles. The van der Waals surface area contributed by atoms with Gasteiger partial charge in [0.05, 0.1) is 5.57 Å². The number of Topliss-reactive ketones (excluding diaryl/α,β-unsaturated/α-hetero) is 1. The Bertz CT molecular complexity index is 1190. The number of benzene rings is 2. The van der Waals surface area contributed by atoms with E-state index < -0.39 is 11.9 Å². The zero-order chi connectivity index (χ0) is 21.3. The molecule has 4 rings (SSSR count). The van der Waals surface area contributed by atoms with Gasteiger partial charge < -0.3 is 10.1 Å². The van der Waals surface area contributed by atoms with Crippen molar-refractivity contribution in [2.24, 2.45) is 0 Å². The second-order valence-electron chi connectivity index (χ2n) is 7.44. The molecule has 0 amide bonds. The van der Waals surface area contributed by atoms with Crippen LogP contribution in [0.3, 0.4) is 0 Å². The van der Waals surface area contributed by atoms with Crippen molar-refractivity contribution in [2.75, 3.05) is 0 Å². The van der Waals surface area contributed by atoms with Crippen LogP contribution in [0.2, 0.25) is 0 Å². The van der Waals surface area contributed by atoms with Gasteiger partial charge in [-0.15, -0.1) is 11.3 Å². The molecular weight excluding hydrogens is 394 g/mol. The molecule has 0 bridgehead atoms. The highest BCUT2D eigenvalue weighted by Gasteiger charge is 2.37. The molecule has 1 unspecified atom stereocenters. The number of carbonyl (C=O) groups excluding carboxylic acids is 2. The van der Waals surface area contributed by atoms with Gasteiger partial charge in [-0.1, -0.05) is 48.5 Å². The summed E-state index contributed by atoms with van der Waals surface area (Å²) in [6, 6.07) is 17.7. The molecule has 0 aliphatic carbocycles. The summed E-state index contributed by atoms with van der Waals surface area (Å²) in [6.45, 7) is 5.48. The van der Waals surface area contributed by atoms with Gasteiger partial charge in [0.25, 0.3) is 0 Å². The van der Waals surface area contributed by atoms with Crippen LogP contribution in [0.1, 0.15) is 37.8 Å². The van der Waals surface area contributed by atoms with E-state index >= 15 is 0 Å². The van der Waals surface area contributed by atoms with E-state index in [2.05, 4.69) is 16.8 Å². The minimum absolute atomic E-state index is 0.0545. The number of dihydropyridines is 1. The first-order valence-electron chi connectivity index (χ1n) is 9.84. The fourth-order valence-electron chi connectivity index (χ4n) is 4.07. The van der Waals surface area contributed by atoms with Crippen LogP contribution in [0.4, 0.5) is 0 Å². The Kier molecular flexibility index (Phi) is 5.55. The first-order valence-corrected chi connectivity index (χ1v) is 10.7. The number of esters is 1. The lowest BCUT2D eigenvalue weighted by molar-refractivity contribution is -0.140. The minimum Gasteiger partial charge on any atom is -0.457 e. The van der Waals surface area contributed by atoms with E-state index in [4.69, 9.17) is 4.74 Å². The lowest BCUT2D eigenvalue weighted by Crippen LogP contribution is -2.31. The number of thiophene rings is 1. The molecule has 4 nitrogen and oxygen atoms in total. The Labute approximate surface area is 179 Å². The van der Waals surface area contributed by atoms with Crippen molar-refractivity contribution in [2.45, 2.75) is 33.3 Å². The van der Waals surface area contributed by atoms with Crippen molar-refractivity contribution < 1.29 is 14.3 Å².